The molecule has 0 bridgehead atoms. The molecule has 2 aromatic rings. The average molecular weight is 316 g/mol. The zero-order chi connectivity index (χ0) is 15.9. The number of aromatic nitrogens is 1. The number of nitrogens with zero attached hydrogens (tertiary/aromatic N) is 1. The summed E-state index contributed by atoms with van der Waals surface area (Å²) in [7, 11) is 0. The molecule has 0 radical (unpaired) electrons. The van der Waals surface area contributed by atoms with Crippen molar-refractivity contribution in [3.05, 3.63) is 68.6 Å². The van der Waals surface area contributed by atoms with Gasteiger partial charge >= 0.3 is 0 Å². The van der Waals surface area contributed by atoms with Gasteiger partial charge in [0.05, 0.1) is 0 Å². The van der Waals surface area contributed by atoms with Gasteiger partial charge in [0.2, 0.25) is 0 Å². The molecule has 0 saturated heterocycles. The maximum absolute atomic E-state index is 11.7. The minimum Gasteiger partial charge on any atom is -0.805 e. The van der Waals surface area contributed by atoms with E-state index in [0.29, 0.717) is 11.2 Å². The Morgan fingerprint density at radius 3 is 2.50 bits per heavy atom. The monoisotopic (exact) mass is 316 g/mol. The molecule has 0 N–H and O–H groups in total. The smallest absolute Gasteiger partial charge is 0.135 e. The molecule has 0 amide bonds. The van der Waals surface area contributed by atoms with Crippen LogP contribution < -0.4 is 0 Å². The van der Waals surface area contributed by atoms with Crippen molar-refractivity contribution in [1.29, 1.82) is 0 Å². The second kappa shape index (κ2) is 7.99. The van der Waals surface area contributed by atoms with Crippen LogP contribution in [0.4, 0.5) is 0 Å². The van der Waals surface area contributed by atoms with Gasteiger partial charge in [0, 0.05) is 6.42 Å². The lowest BCUT2D eigenvalue weighted by Crippen LogP contribution is -2.02. The molecule has 0 aliphatic rings. The van der Waals surface area contributed by atoms with E-state index in [2.05, 4.69) is 32.0 Å². The van der Waals surface area contributed by atoms with Gasteiger partial charge in [0.15, 0.2) is 0 Å². The van der Waals surface area contributed by atoms with Crippen LogP contribution in [0.2, 0.25) is 0 Å². The first kappa shape index (κ1) is 16.6. The molecule has 0 aliphatic carbocycles. The van der Waals surface area contributed by atoms with Crippen molar-refractivity contribution in [2.45, 2.75) is 46.0 Å². The molecule has 0 saturated carbocycles. The Morgan fingerprint density at radius 1 is 1.05 bits per heavy atom. The van der Waals surface area contributed by atoms with E-state index in [1.54, 1.807) is 6.07 Å². The number of rotatable bonds is 6. The first-order valence-electron chi connectivity index (χ1n) is 7.81. The molecule has 2 rings (SSSR count). The largest absolute Gasteiger partial charge is 0.805 e. The summed E-state index contributed by atoms with van der Waals surface area (Å²) in [5, 5.41) is 11.7. The summed E-state index contributed by atoms with van der Waals surface area (Å²) in [6.45, 7) is 4.33. The summed E-state index contributed by atoms with van der Waals surface area (Å²) in [6, 6.07) is 10.2. The van der Waals surface area contributed by atoms with Crippen molar-refractivity contribution in [3.63, 3.8) is 0 Å². The number of benzene rings is 1. The van der Waals surface area contributed by atoms with Gasteiger partial charge in [-0.05, 0) is 47.4 Å². The van der Waals surface area contributed by atoms with Gasteiger partial charge in [0.1, 0.15) is 15.9 Å². The normalized spacial score (nSPS) is 10.6. The zero-order valence-corrected chi connectivity index (χ0v) is 14.0. The summed E-state index contributed by atoms with van der Waals surface area (Å²) in [4.78, 5) is 0. The van der Waals surface area contributed by atoms with Crippen molar-refractivity contribution < 1.29 is 4.21 Å². The molecule has 4 heteroatoms. The highest BCUT2D eigenvalue weighted by Crippen LogP contribution is 2.19. The molecule has 0 atom stereocenters. The Morgan fingerprint density at radius 2 is 1.82 bits per heavy atom. The first-order chi connectivity index (χ1) is 10.7. The van der Waals surface area contributed by atoms with Crippen LogP contribution in [-0.2, 0) is 30.5 Å². The van der Waals surface area contributed by atoms with E-state index in [9.17, 15) is 9.42 Å². The third kappa shape index (κ3) is 3.89. The second-order valence-electron chi connectivity index (χ2n) is 5.53. The zero-order valence-electron chi connectivity index (χ0n) is 13.2. The van der Waals surface area contributed by atoms with Crippen LogP contribution >= 0.6 is 0 Å². The molecule has 0 aliphatic heterocycles. The Kier molecular flexibility index (Phi) is 6.01. The van der Waals surface area contributed by atoms with Crippen molar-refractivity contribution in [2.24, 2.45) is 0 Å². The number of aryl methyl sites for hydroxylation is 2. The molecular formula is C18H22NO2S-. The van der Waals surface area contributed by atoms with Gasteiger partial charge in [-0.2, -0.15) is 0 Å². The standard InChI is InChI=1S/C18H22NO2S/c1-3-6-14-9-10-15(7-4-2)17(12-14)13-16-8-5-11-19(20)18(16)22-21/h5,8-12H,3-4,6-7,13H2,1-2H3/q-1. The molecule has 1 aromatic carbocycles. The molecule has 1 aromatic heterocycles. The number of hydrogen-bond donors (Lipinski definition) is 0. The Hall–Kier alpha value is -1.81. The average Bonchev–Trinajstić information content (AvgIpc) is 2.50. The predicted molar refractivity (Wildman–Crippen MR) is 91.8 cm³/mol. The maximum atomic E-state index is 11.7. The third-order valence-corrected chi connectivity index (χ3v) is 4.38. The van der Waals surface area contributed by atoms with Crippen molar-refractivity contribution in [3.8, 4) is 0 Å². The van der Waals surface area contributed by atoms with Gasteiger partial charge in [-0.25, -0.2) is 4.21 Å². The molecule has 22 heavy (non-hydrogen) atoms. The van der Waals surface area contributed by atoms with E-state index < -0.39 is 0 Å². The Labute approximate surface area is 135 Å². The highest BCUT2D eigenvalue weighted by Gasteiger charge is 2.07. The van der Waals surface area contributed by atoms with Crippen LogP contribution in [0.15, 0.2) is 36.5 Å². The molecular weight excluding hydrogens is 294 g/mol. The summed E-state index contributed by atoms with van der Waals surface area (Å²) in [5.41, 5.74) is 4.67. The topological polar surface area (TPSA) is 45.1 Å². The second-order valence-corrected chi connectivity index (χ2v) is 6.08. The SMILES string of the molecule is CCCc1ccc(CCC)c(Cc2cccn([O-])c2=S=O)c1. The van der Waals surface area contributed by atoms with Crippen molar-refractivity contribution >= 4 is 11.3 Å². The number of pyridine rings is 1. The van der Waals surface area contributed by atoms with Crippen molar-refractivity contribution in [2.75, 3.05) is 0 Å². The fraction of sp³-hybridized carbons (Fsp3) is 0.389. The molecule has 0 spiro atoms. The van der Waals surface area contributed by atoms with Crippen molar-refractivity contribution in [1.82, 2.24) is 4.73 Å². The van der Waals surface area contributed by atoms with Crippen LogP contribution in [0.5, 0.6) is 0 Å². The lowest BCUT2D eigenvalue weighted by atomic mass is 9.94. The summed E-state index contributed by atoms with van der Waals surface area (Å²) >= 11 is 0.275. The molecule has 118 valence electrons. The molecule has 1 heterocycles. The van der Waals surface area contributed by atoms with E-state index in [-0.39, 0.29) is 15.9 Å². The lowest BCUT2D eigenvalue weighted by molar-refractivity contribution is 0.698. The predicted octanol–water partition coefficient (Wildman–Crippen LogP) is 4.07. The molecule has 0 fully saturated rings. The van der Waals surface area contributed by atoms with E-state index in [0.717, 1.165) is 31.2 Å². The van der Waals surface area contributed by atoms with Crippen LogP contribution in [0, 0.1) is 9.85 Å². The van der Waals surface area contributed by atoms with Gasteiger partial charge in [-0.3, -0.25) is 0 Å². The van der Waals surface area contributed by atoms with Gasteiger partial charge < -0.3 is 9.94 Å². The summed E-state index contributed by atoms with van der Waals surface area (Å²) < 4.78 is 12.2. The first-order valence-corrected chi connectivity index (χ1v) is 8.55. The Balaban J connectivity index is 2.45. The third-order valence-electron chi connectivity index (χ3n) is 3.78. The van der Waals surface area contributed by atoms with Gasteiger partial charge in [0.25, 0.3) is 0 Å². The molecule has 0 unspecified atom stereocenters. The van der Waals surface area contributed by atoms with Crippen LogP contribution in [0.1, 0.15) is 48.9 Å². The van der Waals surface area contributed by atoms with E-state index in [1.165, 1.54) is 22.9 Å². The van der Waals surface area contributed by atoms with Crippen LogP contribution in [-0.4, -0.2) is 8.94 Å². The fourth-order valence-corrected chi connectivity index (χ4v) is 3.13. The van der Waals surface area contributed by atoms with Crippen LogP contribution in [0.3, 0.4) is 0 Å². The lowest BCUT2D eigenvalue weighted by Gasteiger charge is -2.15. The van der Waals surface area contributed by atoms with Gasteiger partial charge in [-0.15, -0.1) is 0 Å². The minimum atomic E-state index is 0.255. The highest BCUT2D eigenvalue weighted by atomic mass is 32.1. The van der Waals surface area contributed by atoms with E-state index in [4.69, 9.17) is 0 Å². The van der Waals surface area contributed by atoms with Gasteiger partial charge in [-0.1, -0.05) is 51.0 Å². The van der Waals surface area contributed by atoms with Crippen LogP contribution in [0.25, 0.3) is 0 Å². The Bertz CT molecular complexity index is 730. The molecule has 3 nitrogen and oxygen atoms in total. The van der Waals surface area contributed by atoms with E-state index >= 15 is 0 Å². The van der Waals surface area contributed by atoms with E-state index in [1.807, 2.05) is 6.07 Å². The summed E-state index contributed by atoms with van der Waals surface area (Å²) in [6.07, 6.45) is 6.29. The number of hydrogen-bond acceptors (Lipinski definition) is 2. The maximum Gasteiger partial charge on any atom is 0.135 e. The minimum absolute atomic E-state index is 0.255. The fourth-order valence-electron chi connectivity index (χ4n) is 2.75. The highest BCUT2D eigenvalue weighted by molar-refractivity contribution is 7.56. The quantitative estimate of drug-likeness (QED) is 0.754. The summed E-state index contributed by atoms with van der Waals surface area (Å²) in [5.74, 6) is 0.